The van der Waals surface area contributed by atoms with Crippen molar-refractivity contribution < 1.29 is 14.3 Å². The SMILES string of the molecule is Cc1ccc(OC2CN(C3COC(=O)N(C4CN(C)C4)C3)C2)cc1. The van der Waals surface area contributed by atoms with Gasteiger partial charge < -0.3 is 19.3 Å². The summed E-state index contributed by atoms with van der Waals surface area (Å²) in [6.07, 6.45) is 0.0750. The van der Waals surface area contributed by atoms with Crippen molar-refractivity contribution in [2.45, 2.75) is 25.1 Å². The van der Waals surface area contributed by atoms with Crippen LogP contribution in [0.2, 0.25) is 0 Å². The van der Waals surface area contributed by atoms with Gasteiger partial charge in [0.15, 0.2) is 0 Å². The number of cyclic esters (lactones) is 1. The maximum Gasteiger partial charge on any atom is 0.410 e. The van der Waals surface area contributed by atoms with Crippen molar-refractivity contribution in [3.8, 4) is 5.75 Å². The second-order valence-electron chi connectivity index (χ2n) is 7.26. The number of amides is 1. The molecule has 1 aromatic rings. The van der Waals surface area contributed by atoms with E-state index in [-0.39, 0.29) is 18.2 Å². The molecule has 3 aliphatic heterocycles. The molecule has 3 aliphatic rings. The molecular formula is C18H25N3O3. The molecule has 0 radical (unpaired) electrons. The van der Waals surface area contributed by atoms with Crippen LogP contribution in [0.25, 0.3) is 0 Å². The zero-order chi connectivity index (χ0) is 16.7. The lowest BCUT2D eigenvalue weighted by Crippen LogP contribution is -2.67. The molecule has 0 aromatic heterocycles. The summed E-state index contributed by atoms with van der Waals surface area (Å²) in [6, 6.07) is 8.78. The van der Waals surface area contributed by atoms with Crippen molar-refractivity contribution in [3.05, 3.63) is 29.8 Å². The third kappa shape index (κ3) is 3.08. The number of benzene rings is 1. The molecular weight excluding hydrogens is 306 g/mol. The highest BCUT2D eigenvalue weighted by Gasteiger charge is 2.42. The fourth-order valence-electron chi connectivity index (χ4n) is 3.64. The monoisotopic (exact) mass is 331 g/mol. The van der Waals surface area contributed by atoms with Crippen LogP contribution in [0.15, 0.2) is 24.3 Å². The van der Waals surface area contributed by atoms with Crippen molar-refractivity contribution in [1.29, 1.82) is 0 Å². The number of ether oxygens (including phenoxy) is 2. The van der Waals surface area contributed by atoms with E-state index in [0.29, 0.717) is 12.6 Å². The molecule has 4 rings (SSSR count). The standard InChI is InChI=1S/C18H25N3O3/c1-13-3-5-16(6-4-13)24-17-10-20(11-17)15-9-21(18(22)23-12-15)14-7-19(2)8-14/h3-6,14-15,17H,7-12H2,1-2H3. The Hall–Kier alpha value is -1.79. The minimum atomic E-state index is -0.155. The van der Waals surface area contributed by atoms with E-state index in [4.69, 9.17) is 9.47 Å². The summed E-state index contributed by atoms with van der Waals surface area (Å²) in [5.74, 6) is 0.930. The van der Waals surface area contributed by atoms with Crippen LogP contribution < -0.4 is 4.74 Å². The average molecular weight is 331 g/mol. The van der Waals surface area contributed by atoms with Crippen LogP contribution in [-0.2, 0) is 4.74 Å². The molecule has 0 bridgehead atoms. The van der Waals surface area contributed by atoms with Crippen LogP contribution in [0.1, 0.15) is 5.56 Å². The van der Waals surface area contributed by atoms with Gasteiger partial charge in [0.1, 0.15) is 18.5 Å². The summed E-state index contributed by atoms with van der Waals surface area (Å²) in [4.78, 5) is 18.5. The predicted molar refractivity (Wildman–Crippen MR) is 90.3 cm³/mol. The molecule has 1 aromatic carbocycles. The third-order valence-electron chi connectivity index (χ3n) is 5.24. The molecule has 3 heterocycles. The third-order valence-corrected chi connectivity index (χ3v) is 5.24. The van der Waals surface area contributed by atoms with Crippen LogP contribution in [-0.4, -0.2) is 85.4 Å². The molecule has 24 heavy (non-hydrogen) atoms. The van der Waals surface area contributed by atoms with Gasteiger partial charge in [0.05, 0.1) is 12.1 Å². The van der Waals surface area contributed by atoms with Crippen molar-refractivity contribution in [2.75, 3.05) is 46.4 Å². The molecule has 1 atom stereocenters. The lowest BCUT2D eigenvalue weighted by molar-refractivity contribution is -0.0704. The predicted octanol–water partition coefficient (Wildman–Crippen LogP) is 1.19. The summed E-state index contributed by atoms with van der Waals surface area (Å²) in [7, 11) is 2.08. The molecule has 6 nitrogen and oxygen atoms in total. The number of carbonyl (C=O) groups is 1. The van der Waals surface area contributed by atoms with Crippen molar-refractivity contribution in [1.82, 2.24) is 14.7 Å². The number of hydrogen-bond acceptors (Lipinski definition) is 5. The number of rotatable bonds is 4. The van der Waals surface area contributed by atoms with E-state index in [2.05, 4.69) is 35.9 Å². The summed E-state index contributed by atoms with van der Waals surface area (Å²) in [5, 5.41) is 0. The van der Waals surface area contributed by atoms with Gasteiger partial charge in [-0.2, -0.15) is 0 Å². The average Bonchev–Trinajstić information content (AvgIpc) is 2.50. The highest BCUT2D eigenvalue weighted by molar-refractivity contribution is 5.69. The molecule has 3 fully saturated rings. The number of carbonyl (C=O) groups excluding carboxylic acids is 1. The maximum atomic E-state index is 12.0. The molecule has 1 unspecified atom stereocenters. The lowest BCUT2D eigenvalue weighted by Gasteiger charge is -2.50. The molecule has 3 saturated heterocycles. The quantitative estimate of drug-likeness (QED) is 0.829. The largest absolute Gasteiger partial charge is 0.488 e. The van der Waals surface area contributed by atoms with E-state index in [1.807, 2.05) is 17.0 Å². The van der Waals surface area contributed by atoms with Crippen LogP contribution in [0.5, 0.6) is 5.75 Å². The highest BCUT2D eigenvalue weighted by Crippen LogP contribution is 2.24. The Kier molecular flexibility index (Phi) is 4.10. The normalized spacial score (nSPS) is 26.7. The Labute approximate surface area is 142 Å². The van der Waals surface area contributed by atoms with Gasteiger partial charge >= 0.3 is 6.09 Å². The molecule has 0 N–H and O–H groups in total. The fraction of sp³-hybridized carbons (Fsp3) is 0.611. The first-order valence-corrected chi connectivity index (χ1v) is 8.68. The van der Waals surface area contributed by atoms with E-state index in [1.165, 1.54) is 5.56 Å². The van der Waals surface area contributed by atoms with Gasteiger partial charge in [-0.3, -0.25) is 4.90 Å². The fourth-order valence-corrected chi connectivity index (χ4v) is 3.64. The van der Waals surface area contributed by atoms with Crippen LogP contribution in [0.4, 0.5) is 4.79 Å². The Morgan fingerprint density at radius 2 is 1.75 bits per heavy atom. The number of nitrogens with zero attached hydrogens (tertiary/aromatic N) is 3. The van der Waals surface area contributed by atoms with Gasteiger partial charge in [0, 0.05) is 32.7 Å². The number of aryl methyl sites for hydroxylation is 1. The summed E-state index contributed by atoms with van der Waals surface area (Å²) in [6.45, 7) is 7.03. The highest BCUT2D eigenvalue weighted by atomic mass is 16.6. The van der Waals surface area contributed by atoms with Gasteiger partial charge in [-0.1, -0.05) is 17.7 Å². The Balaban J connectivity index is 1.27. The van der Waals surface area contributed by atoms with Crippen molar-refractivity contribution in [2.24, 2.45) is 0 Å². The smallest absolute Gasteiger partial charge is 0.410 e. The molecule has 6 heteroatoms. The van der Waals surface area contributed by atoms with Gasteiger partial charge in [-0.25, -0.2) is 4.79 Å². The molecule has 1 amide bonds. The van der Waals surface area contributed by atoms with Gasteiger partial charge in [0.25, 0.3) is 0 Å². The van der Waals surface area contributed by atoms with Crippen LogP contribution >= 0.6 is 0 Å². The minimum absolute atomic E-state index is 0.155. The first kappa shape index (κ1) is 15.7. The number of likely N-dealkylation sites (N-methyl/N-ethyl adjacent to an activating group) is 1. The topological polar surface area (TPSA) is 45.3 Å². The Morgan fingerprint density at radius 1 is 1.04 bits per heavy atom. The Bertz CT molecular complexity index is 594. The van der Waals surface area contributed by atoms with E-state index in [9.17, 15) is 4.79 Å². The van der Waals surface area contributed by atoms with Crippen LogP contribution in [0.3, 0.4) is 0 Å². The zero-order valence-corrected chi connectivity index (χ0v) is 14.4. The van der Waals surface area contributed by atoms with E-state index >= 15 is 0 Å². The van der Waals surface area contributed by atoms with E-state index < -0.39 is 0 Å². The molecule has 0 saturated carbocycles. The van der Waals surface area contributed by atoms with Gasteiger partial charge in [0.2, 0.25) is 0 Å². The molecule has 130 valence electrons. The first-order chi connectivity index (χ1) is 11.6. The zero-order valence-electron chi connectivity index (χ0n) is 14.4. The van der Waals surface area contributed by atoms with Crippen LogP contribution in [0, 0.1) is 6.92 Å². The summed E-state index contributed by atoms with van der Waals surface area (Å²) >= 11 is 0. The maximum absolute atomic E-state index is 12.0. The first-order valence-electron chi connectivity index (χ1n) is 8.68. The van der Waals surface area contributed by atoms with E-state index in [1.54, 1.807) is 0 Å². The lowest BCUT2D eigenvalue weighted by atomic mass is 10.0. The minimum Gasteiger partial charge on any atom is -0.488 e. The second-order valence-corrected chi connectivity index (χ2v) is 7.26. The summed E-state index contributed by atoms with van der Waals surface area (Å²) in [5.41, 5.74) is 1.24. The van der Waals surface area contributed by atoms with Gasteiger partial charge in [-0.05, 0) is 26.1 Å². The van der Waals surface area contributed by atoms with E-state index in [0.717, 1.165) is 38.5 Å². The van der Waals surface area contributed by atoms with Crippen molar-refractivity contribution >= 4 is 6.09 Å². The number of likely N-dealkylation sites (tertiary alicyclic amines) is 2. The second kappa shape index (κ2) is 6.26. The van der Waals surface area contributed by atoms with Crippen molar-refractivity contribution in [3.63, 3.8) is 0 Å². The number of hydrogen-bond donors (Lipinski definition) is 0. The Morgan fingerprint density at radius 3 is 2.42 bits per heavy atom. The molecule has 0 spiro atoms. The van der Waals surface area contributed by atoms with Gasteiger partial charge in [-0.15, -0.1) is 0 Å². The molecule has 0 aliphatic carbocycles. The summed E-state index contributed by atoms with van der Waals surface area (Å²) < 4.78 is 11.4.